The van der Waals surface area contributed by atoms with Gasteiger partial charge in [-0.1, -0.05) is 35.0 Å². The fourth-order valence-corrected chi connectivity index (χ4v) is 2.68. The summed E-state index contributed by atoms with van der Waals surface area (Å²) in [5.41, 5.74) is 1.94. The first-order chi connectivity index (χ1) is 13.1. The molecule has 0 bridgehead atoms. The first kappa shape index (κ1) is 18.9. The van der Waals surface area contributed by atoms with Crippen LogP contribution in [0.3, 0.4) is 0 Å². The van der Waals surface area contributed by atoms with Crippen LogP contribution in [0.25, 0.3) is 11.4 Å². The number of aryl methyl sites for hydroxylation is 1. The molecule has 0 aliphatic heterocycles. The van der Waals surface area contributed by atoms with Gasteiger partial charge in [-0.15, -0.1) is 0 Å². The van der Waals surface area contributed by atoms with Crippen molar-refractivity contribution in [2.45, 2.75) is 12.8 Å². The van der Waals surface area contributed by atoms with E-state index >= 15 is 0 Å². The lowest BCUT2D eigenvalue weighted by Crippen LogP contribution is -2.33. The van der Waals surface area contributed by atoms with Crippen molar-refractivity contribution < 1.29 is 9.32 Å². The van der Waals surface area contributed by atoms with Crippen LogP contribution in [0.4, 0.5) is 5.69 Å². The van der Waals surface area contributed by atoms with Gasteiger partial charge in [-0.3, -0.25) is 4.79 Å². The zero-order valence-electron chi connectivity index (χ0n) is 15.1. The summed E-state index contributed by atoms with van der Waals surface area (Å²) in [6.07, 6.45) is 0.707. The largest absolute Gasteiger partial charge is 0.373 e. The zero-order valence-corrected chi connectivity index (χ0v) is 15.8. The number of nitrogens with zero attached hydrogens (tertiary/aromatic N) is 3. The second kappa shape index (κ2) is 9.19. The molecule has 0 radical (unpaired) electrons. The van der Waals surface area contributed by atoms with Crippen molar-refractivity contribution in [3.05, 3.63) is 65.5 Å². The highest BCUT2D eigenvalue weighted by Gasteiger charge is 2.11. The van der Waals surface area contributed by atoms with Crippen molar-refractivity contribution >= 4 is 23.2 Å². The maximum atomic E-state index is 12.0. The number of hydrogen-bond acceptors (Lipinski definition) is 5. The van der Waals surface area contributed by atoms with Crippen LogP contribution < -0.4 is 10.2 Å². The van der Waals surface area contributed by atoms with Crippen LogP contribution in [0.5, 0.6) is 0 Å². The molecule has 0 atom stereocenters. The third-order valence-corrected chi connectivity index (χ3v) is 4.35. The van der Waals surface area contributed by atoms with Crippen LogP contribution in [0.15, 0.2) is 59.1 Å². The molecule has 27 heavy (non-hydrogen) atoms. The number of para-hydroxylation sites is 1. The molecule has 1 aromatic heterocycles. The number of anilines is 1. The van der Waals surface area contributed by atoms with Gasteiger partial charge in [0.2, 0.25) is 17.6 Å². The molecule has 1 heterocycles. The minimum Gasteiger partial charge on any atom is -0.373 e. The second-order valence-corrected chi connectivity index (χ2v) is 6.56. The normalized spacial score (nSPS) is 10.6. The molecule has 7 heteroatoms. The summed E-state index contributed by atoms with van der Waals surface area (Å²) in [5.74, 6) is 0.894. The number of rotatable bonds is 8. The van der Waals surface area contributed by atoms with Gasteiger partial charge in [-0.05, 0) is 36.4 Å². The van der Waals surface area contributed by atoms with Gasteiger partial charge in [0.1, 0.15) is 0 Å². The maximum Gasteiger partial charge on any atom is 0.227 e. The molecule has 1 N–H and O–H groups in total. The molecule has 1 amide bonds. The Bertz CT molecular complexity index is 865. The first-order valence-electron chi connectivity index (χ1n) is 8.73. The maximum absolute atomic E-state index is 12.0. The SMILES string of the molecule is CN(CCNC(=O)CCc1nc(-c2ccc(Cl)cc2)no1)c1ccccc1. The highest BCUT2D eigenvalue weighted by Crippen LogP contribution is 2.19. The number of likely N-dealkylation sites (N-methyl/N-ethyl adjacent to an activating group) is 1. The van der Waals surface area contributed by atoms with E-state index in [1.807, 2.05) is 49.5 Å². The quantitative estimate of drug-likeness (QED) is 0.642. The van der Waals surface area contributed by atoms with Crippen LogP contribution in [-0.4, -0.2) is 36.2 Å². The number of carbonyl (C=O) groups excluding carboxylic acids is 1. The molecule has 0 unspecified atom stereocenters. The van der Waals surface area contributed by atoms with Gasteiger partial charge >= 0.3 is 0 Å². The fraction of sp³-hybridized carbons (Fsp3) is 0.250. The molecule has 0 spiro atoms. The lowest BCUT2D eigenvalue weighted by molar-refractivity contribution is -0.121. The Balaban J connectivity index is 1.41. The van der Waals surface area contributed by atoms with Crippen molar-refractivity contribution in [3.63, 3.8) is 0 Å². The molecular weight excluding hydrogens is 364 g/mol. The van der Waals surface area contributed by atoms with Gasteiger partial charge in [0.15, 0.2) is 0 Å². The van der Waals surface area contributed by atoms with Gasteiger partial charge in [0.05, 0.1) is 0 Å². The van der Waals surface area contributed by atoms with Crippen molar-refractivity contribution in [1.29, 1.82) is 0 Å². The number of halogens is 1. The number of aromatic nitrogens is 2. The number of nitrogens with one attached hydrogen (secondary N) is 1. The number of benzene rings is 2. The van der Waals surface area contributed by atoms with E-state index in [1.165, 1.54) is 0 Å². The Morgan fingerprint density at radius 2 is 1.89 bits per heavy atom. The minimum absolute atomic E-state index is 0.0392. The lowest BCUT2D eigenvalue weighted by atomic mass is 10.2. The van der Waals surface area contributed by atoms with E-state index in [9.17, 15) is 4.79 Å². The summed E-state index contributed by atoms with van der Waals surface area (Å²) in [5, 5.41) is 7.51. The standard InChI is InChI=1S/C20H21ClN4O2/c1-25(17-5-3-2-4-6-17)14-13-22-18(26)11-12-19-23-20(24-27-19)15-7-9-16(21)10-8-15/h2-10H,11-14H2,1H3,(H,22,26). The molecule has 0 saturated heterocycles. The van der Waals surface area contributed by atoms with E-state index in [1.54, 1.807) is 12.1 Å². The van der Waals surface area contributed by atoms with Crippen molar-refractivity contribution in [3.8, 4) is 11.4 Å². The molecular formula is C20H21ClN4O2. The first-order valence-corrected chi connectivity index (χ1v) is 9.11. The summed E-state index contributed by atoms with van der Waals surface area (Å²) in [4.78, 5) is 18.4. The highest BCUT2D eigenvalue weighted by molar-refractivity contribution is 6.30. The van der Waals surface area contributed by atoms with Gasteiger partial charge in [-0.2, -0.15) is 4.98 Å². The summed E-state index contributed by atoms with van der Waals surface area (Å²) in [6.45, 7) is 1.31. The van der Waals surface area contributed by atoms with E-state index in [-0.39, 0.29) is 5.91 Å². The van der Waals surface area contributed by atoms with E-state index in [4.69, 9.17) is 16.1 Å². The Hall–Kier alpha value is -2.86. The number of hydrogen-bond donors (Lipinski definition) is 1. The molecule has 6 nitrogen and oxygen atoms in total. The van der Waals surface area contributed by atoms with E-state index in [2.05, 4.69) is 20.4 Å². The lowest BCUT2D eigenvalue weighted by Gasteiger charge is -2.19. The van der Waals surface area contributed by atoms with E-state index in [0.717, 1.165) is 17.8 Å². The van der Waals surface area contributed by atoms with Crippen LogP contribution >= 0.6 is 11.6 Å². The topological polar surface area (TPSA) is 71.3 Å². The fourth-order valence-electron chi connectivity index (χ4n) is 2.56. The molecule has 2 aromatic carbocycles. The summed E-state index contributed by atoms with van der Waals surface area (Å²) < 4.78 is 5.22. The van der Waals surface area contributed by atoms with Crippen LogP contribution in [0, 0.1) is 0 Å². The molecule has 0 saturated carbocycles. The Labute approximate surface area is 163 Å². The Morgan fingerprint density at radius 3 is 2.63 bits per heavy atom. The molecule has 0 aliphatic rings. The van der Waals surface area contributed by atoms with Crippen LogP contribution in [-0.2, 0) is 11.2 Å². The number of amides is 1. The monoisotopic (exact) mass is 384 g/mol. The van der Waals surface area contributed by atoms with Gasteiger partial charge < -0.3 is 14.7 Å². The zero-order chi connectivity index (χ0) is 19.1. The summed E-state index contributed by atoms with van der Waals surface area (Å²) >= 11 is 5.87. The third-order valence-electron chi connectivity index (χ3n) is 4.10. The molecule has 0 aliphatic carbocycles. The third kappa shape index (κ3) is 5.56. The average Bonchev–Trinajstić information content (AvgIpc) is 3.16. The smallest absolute Gasteiger partial charge is 0.227 e. The Morgan fingerprint density at radius 1 is 1.15 bits per heavy atom. The highest BCUT2D eigenvalue weighted by atomic mass is 35.5. The van der Waals surface area contributed by atoms with Gasteiger partial charge in [0.25, 0.3) is 0 Å². The molecule has 140 valence electrons. The van der Waals surface area contributed by atoms with Gasteiger partial charge in [-0.25, -0.2) is 0 Å². The van der Waals surface area contributed by atoms with Crippen LogP contribution in [0.2, 0.25) is 5.02 Å². The van der Waals surface area contributed by atoms with Crippen molar-refractivity contribution in [2.24, 2.45) is 0 Å². The van der Waals surface area contributed by atoms with Crippen LogP contribution in [0.1, 0.15) is 12.3 Å². The van der Waals surface area contributed by atoms with E-state index in [0.29, 0.717) is 36.1 Å². The number of carbonyl (C=O) groups is 1. The minimum atomic E-state index is -0.0392. The van der Waals surface area contributed by atoms with Gasteiger partial charge in [0, 0.05) is 49.3 Å². The van der Waals surface area contributed by atoms with Crippen molar-refractivity contribution in [1.82, 2.24) is 15.5 Å². The summed E-state index contributed by atoms with van der Waals surface area (Å²) in [6, 6.07) is 17.2. The Kier molecular flexibility index (Phi) is 6.44. The van der Waals surface area contributed by atoms with Crippen molar-refractivity contribution in [2.75, 3.05) is 25.0 Å². The average molecular weight is 385 g/mol. The molecule has 3 rings (SSSR count). The summed E-state index contributed by atoms with van der Waals surface area (Å²) in [7, 11) is 2.00. The van der Waals surface area contributed by atoms with E-state index < -0.39 is 0 Å². The second-order valence-electron chi connectivity index (χ2n) is 6.13. The molecule has 3 aromatic rings. The molecule has 0 fully saturated rings. The predicted octanol–water partition coefficient (Wildman–Crippen LogP) is 3.58. The predicted molar refractivity (Wildman–Crippen MR) is 106 cm³/mol.